The molecule has 10 rings (SSSR count). The van der Waals surface area contributed by atoms with Crippen LogP contribution in [0.3, 0.4) is 0 Å². The molecule has 1 nitrogen and oxygen atoms in total. The van der Waals surface area contributed by atoms with Gasteiger partial charge in [0.05, 0.1) is 5.69 Å². The third-order valence-electron chi connectivity index (χ3n) is 10.8. The largest absolute Gasteiger partial charge is 0.256 e. The molecule has 0 bridgehead atoms. The normalized spacial score (nSPS) is 11.5. The summed E-state index contributed by atoms with van der Waals surface area (Å²) in [5.41, 5.74) is 13.2. The summed E-state index contributed by atoms with van der Waals surface area (Å²) in [5, 5.41) is 9.98. The van der Waals surface area contributed by atoms with Crippen LogP contribution in [0.4, 0.5) is 0 Å². The van der Waals surface area contributed by atoms with Gasteiger partial charge in [0.15, 0.2) is 0 Å². The van der Waals surface area contributed by atoms with Gasteiger partial charge in [-0.25, -0.2) is 0 Å². The van der Waals surface area contributed by atoms with Gasteiger partial charge in [-0.15, -0.1) is 0 Å². The second kappa shape index (κ2) is 12.7. The van der Waals surface area contributed by atoms with Crippen LogP contribution in [0, 0.1) is 6.92 Å². The highest BCUT2D eigenvalue weighted by Crippen LogP contribution is 2.46. The van der Waals surface area contributed by atoms with E-state index in [4.69, 9.17) is 4.98 Å². The zero-order chi connectivity index (χ0) is 35.3. The van der Waals surface area contributed by atoms with Crippen molar-refractivity contribution in [2.75, 3.05) is 0 Å². The fourth-order valence-corrected chi connectivity index (χ4v) is 8.28. The average molecular weight is 674 g/mol. The van der Waals surface area contributed by atoms with E-state index in [1.165, 1.54) is 87.6 Å². The Bertz CT molecular complexity index is 2930. The molecular formula is C52H35N. The zero-order valence-corrected chi connectivity index (χ0v) is 29.4. The molecule has 0 N–H and O–H groups in total. The van der Waals surface area contributed by atoms with Gasteiger partial charge >= 0.3 is 0 Å². The Morgan fingerprint density at radius 2 is 0.811 bits per heavy atom. The summed E-state index contributed by atoms with van der Waals surface area (Å²) in [6, 6.07) is 68.6. The fraction of sp³-hybridized carbons (Fsp3) is 0.0192. The minimum Gasteiger partial charge on any atom is -0.256 e. The molecule has 0 aliphatic rings. The maximum atomic E-state index is 4.79. The summed E-state index contributed by atoms with van der Waals surface area (Å²) in [6.07, 6.45) is 1.93. The van der Waals surface area contributed by atoms with Crippen molar-refractivity contribution in [2.45, 2.75) is 6.92 Å². The van der Waals surface area contributed by atoms with E-state index in [0.29, 0.717) is 0 Å². The highest BCUT2D eigenvalue weighted by atomic mass is 14.7. The number of benzene rings is 9. The van der Waals surface area contributed by atoms with Crippen LogP contribution in [0.2, 0.25) is 0 Å². The van der Waals surface area contributed by atoms with Gasteiger partial charge in [-0.1, -0.05) is 181 Å². The van der Waals surface area contributed by atoms with Crippen LogP contribution in [0.1, 0.15) is 5.56 Å². The highest BCUT2D eigenvalue weighted by molar-refractivity contribution is 6.24. The summed E-state index contributed by atoms with van der Waals surface area (Å²) in [4.78, 5) is 4.79. The molecule has 0 saturated carbocycles. The summed E-state index contributed by atoms with van der Waals surface area (Å²) in [5.74, 6) is 0. The second-order valence-electron chi connectivity index (χ2n) is 13.9. The maximum Gasteiger partial charge on any atom is 0.0714 e. The van der Waals surface area contributed by atoms with E-state index in [1.54, 1.807) is 0 Å². The van der Waals surface area contributed by atoms with Crippen LogP contribution >= 0.6 is 0 Å². The molecule has 0 saturated heterocycles. The van der Waals surface area contributed by atoms with Crippen LogP contribution in [-0.2, 0) is 0 Å². The van der Waals surface area contributed by atoms with Gasteiger partial charge in [-0.2, -0.15) is 0 Å². The Morgan fingerprint density at radius 1 is 0.321 bits per heavy atom. The van der Waals surface area contributed by atoms with Gasteiger partial charge in [0.1, 0.15) is 0 Å². The Balaban J connectivity index is 1.12. The Morgan fingerprint density at radius 3 is 1.51 bits per heavy atom. The van der Waals surface area contributed by atoms with Gasteiger partial charge in [0.25, 0.3) is 0 Å². The van der Waals surface area contributed by atoms with Gasteiger partial charge in [-0.3, -0.25) is 4.98 Å². The predicted molar refractivity (Wildman–Crippen MR) is 226 cm³/mol. The molecule has 1 heteroatoms. The van der Waals surface area contributed by atoms with Crippen LogP contribution in [0.25, 0.3) is 98.9 Å². The fourth-order valence-electron chi connectivity index (χ4n) is 8.28. The van der Waals surface area contributed by atoms with E-state index >= 15 is 0 Å². The molecule has 0 radical (unpaired) electrons. The standard InChI is InChI=1S/C52H35N/c1-34-23-25-37(26-24-34)40-18-9-20-43-42(40)19-10-22-45(43)52-48-16-6-4-14-46(48)51(47-15-5-7-17-49(47)52)38-29-27-35(28-30-38)39-31-32-53-50(33-39)44-21-8-12-36-11-2-3-13-41(36)44/h2-33H,1H3. The molecule has 10 aromatic rings. The van der Waals surface area contributed by atoms with E-state index in [1.807, 2.05) is 6.20 Å². The number of aromatic nitrogens is 1. The first-order valence-electron chi connectivity index (χ1n) is 18.3. The van der Waals surface area contributed by atoms with E-state index in [2.05, 4.69) is 195 Å². The number of hydrogen-bond acceptors (Lipinski definition) is 1. The molecular weight excluding hydrogens is 639 g/mol. The lowest BCUT2D eigenvalue weighted by Gasteiger charge is -2.19. The molecule has 248 valence electrons. The molecule has 0 aliphatic heterocycles. The predicted octanol–water partition coefficient (Wildman–Crippen LogP) is 14.3. The zero-order valence-electron chi connectivity index (χ0n) is 29.4. The molecule has 9 aromatic carbocycles. The van der Waals surface area contributed by atoms with E-state index in [-0.39, 0.29) is 0 Å². The van der Waals surface area contributed by atoms with E-state index < -0.39 is 0 Å². The first-order chi connectivity index (χ1) is 26.2. The van der Waals surface area contributed by atoms with Crippen LogP contribution in [0.5, 0.6) is 0 Å². The minimum absolute atomic E-state index is 0.982. The molecule has 0 amide bonds. The van der Waals surface area contributed by atoms with Crippen molar-refractivity contribution in [3.63, 3.8) is 0 Å². The number of hydrogen-bond donors (Lipinski definition) is 0. The molecule has 0 spiro atoms. The summed E-state index contributed by atoms with van der Waals surface area (Å²) in [7, 11) is 0. The topological polar surface area (TPSA) is 12.9 Å². The quantitative estimate of drug-likeness (QED) is 0.166. The number of rotatable bonds is 5. The van der Waals surface area contributed by atoms with Gasteiger partial charge < -0.3 is 0 Å². The third-order valence-corrected chi connectivity index (χ3v) is 10.8. The first kappa shape index (κ1) is 30.9. The van der Waals surface area contributed by atoms with Crippen molar-refractivity contribution >= 4 is 43.1 Å². The highest BCUT2D eigenvalue weighted by Gasteiger charge is 2.19. The molecule has 1 aromatic heterocycles. The monoisotopic (exact) mass is 673 g/mol. The van der Waals surface area contributed by atoms with Crippen molar-refractivity contribution in [2.24, 2.45) is 0 Å². The van der Waals surface area contributed by atoms with Crippen LogP contribution in [-0.4, -0.2) is 4.98 Å². The number of aryl methyl sites for hydroxylation is 1. The molecule has 0 atom stereocenters. The second-order valence-corrected chi connectivity index (χ2v) is 13.9. The number of pyridine rings is 1. The lowest BCUT2D eigenvalue weighted by Crippen LogP contribution is -1.92. The van der Waals surface area contributed by atoms with Crippen molar-refractivity contribution in [3.05, 3.63) is 200 Å². The van der Waals surface area contributed by atoms with Crippen LogP contribution in [0.15, 0.2) is 194 Å². The van der Waals surface area contributed by atoms with Crippen molar-refractivity contribution in [1.29, 1.82) is 0 Å². The van der Waals surface area contributed by atoms with E-state index in [0.717, 1.165) is 16.8 Å². The smallest absolute Gasteiger partial charge is 0.0714 e. The van der Waals surface area contributed by atoms with E-state index in [9.17, 15) is 0 Å². The SMILES string of the molecule is Cc1ccc(-c2cccc3c(-c4c5ccccc5c(-c5ccc(-c6ccnc(-c7cccc8ccccc78)c6)cc5)c5ccccc45)cccc23)cc1. The molecule has 53 heavy (non-hydrogen) atoms. The number of fused-ring (bicyclic) bond motifs is 4. The average Bonchev–Trinajstić information content (AvgIpc) is 3.22. The minimum atomic E-state index is 0.982. The van der Waals surface area contributed by atoms with Crippen molar-refractivity contribution < 1.29 is 0 Å². The maximum absolute atomic E-state index is 4.79. The summed E-state index contributed by atoms with van der Waals surface area (Å²) in [6.45, 7) is 2.14. The van der Waals surface area contributed by atoms with Crippen molar-refractivity contribution in [3.8, 4) is 55.8 Å². The number of nitrogens with zero attached hydrogens (tertiary/aromatic N) is 1. The lowest BCUT2D eigenvalue weighted by molar-refractivity contribution is 1.33. The van der Waals surface area contributed by atoms with Crippen molar-refractivity contribution in [1.82, 2.24) is 4.98 Å². The molecule has 1 heterocycles. The third kappa shape index (κ3) is 5.29. The summed E-state index contributed by atoms with van der Waals surface area (Å²) < 4.78 is 0. The van der Waals surface area contributed by atoms with Crippen LogP contribution < -0.4 is 0 Å². The molecule has 0 unspecified atom stereocenters. The molecule has 0 fully saturated rings. The van der Waals surface area contributed by atoms with Gasteiger partial charge in [0.2, 0.25) is 0 Å². The molecule has 0 aliphatic carbocycles. The first-order valence-corrected chi connectivity index (χ1v) is 18.3. The van der Waals surface area contributed by atoms with Gasteiger partial charge in [0, 0.05) is 11.8 Å². The Kier molecular flexibility index (Phi) is 7.44. The summed E-state index contributed by atoms with van der Waals surface area (Å²) >= 11 is 0. The lowest BCUT2D eigenvalue weighted by atomic mass is 9.84. The Labute approximate surface area is 309 Å². The van der Waals surface area contributed by atoms with Gasteiger partial charge in [-0.05, 0) is 107 Å². The Hall–Kier alpha value is -6.83.